The Hall–Kier alpha value is -1.71. The van der Waals surface area contributed by atoms with Crippen LogP contribution in [0.25, 0.3) is 10.9 Å². The van der Waals surface area contributed by atoms with Crippen molar-refractivity contribution in [3.05, 3.63) is 18.2 Å². The first-order valence-electron chi connectivity index (χ1n) is 5.26. The number of fused-ring (bicyclic) bond motifs is 1. The number of nitrogens with zero attached hydrogens (tertiary/aromatic N) is 1. The molecule has 0 aliphatic carbocycles. The van der Waals surface area contributed by atoms with Crippen LogP contribution in [0.2, 0.25) is 0 Å². The maximum Gasteiger partial charge on any atom is 0.153 e. The molecule has 0 saturated carbocycles. The van der Waals surface area contributed by atoms with E-state index in [2.05, 4.69) is 10.2 Å². The van der Waals surface area contributed by atoms with Crippen LogP contribution in [0.5, 0.6) is 0 Å². The molecule has 1 aromatic carbocycles. The fraction of sp³-hybridized carbons (Fsp3) is 0.364. The van der Waals surface area contributed by atoms with Gasteiger partial charge in [-0.3, -0.25) is 5.10 Å². The van der Waals surface area contributed by atoms with E-state index < -0.39 is 0 Å². The molecule has 0 atom stereocenters. The summed E-state index contributed by atoms with van der Waals surface area (Å²) in [6.45, 7) is 8.00. The Bertz CT molecular complexity index is 392. The molecule has 5 N–H and O–H groups in total. The molecule has 2 aromatic rings. The molecule has 0 radical (unpaired) electrons. The molecule has 0 amide bonds. The van der Waals surface area contributed by atoms with Gasteiger partial charge in [0.1, 0.15) is 0 Å². The number of hydrogen-bond donors (Lipinski definition) is 3. The largest absolute Gasteiger partial charge is 0.399 e. The highest BCUT2D eigenvalue weighted by Crippen LogP contribution is 2.19. The fourth-order valence-corrected chi connectivity index (χ4v) is 1.06. The first kappa shape index (κ1) is 13.3. The Morgan fingerprint density at radius 2 is 1.67 bits per heavy atom. The van der Waals surface area contributed by atoms with Crippen molar-refractivity contribution in [3.8, 4) is 0 Å². The molecule has 2 rings (SSSR count). The highest BCUT2D eigenvalue weighted by molar-refractivity contribution is 5.90. The van der Waals surface area contributed by atoms with E-state index in [0.717, 1.165) is 10.9 Å². The van der Waals surface area contributed by atoms with E-state index in [4.69, 9.17) is 11.5 Å². The van der Waals surface area contributed by atoms with Crippen molar-refractivity contribution in [3.63, 3.8) is 0 Å². The lowest BCUT2D eigenvalue weighted by molar-refractivity contribution is 1.13. The van der Waals surface area contributed by atoms with Gasteiger partial charge >= 0.3 is 0 Å². The summed E-state index contributed by atoms with van der Waals surface area (Å²) in [6.07, 6.45) is 0. The van der Waals surface area contributed by atoms with Crippen molar-refractivity contribution >= 4 is 22.4 Å². The van der Waals surface area contributed by atoms with Crippen molar-refractivity contribution in [1.82, 2.24) is 10.2 Å². The Labute approximate surface area is 90.7 Å². The van der Waals surface area contributed by atoms with Crippen LogP contribution < -0.4 is 11.5 Å². The number of anilines is 2. The van der Waals surface area contributed by atoms with Gasteiger partial charge in [-0.15, -0.1) is 0 Å². The van der Waals surface area contributed by atoms with Crippen molar-refractivity contribution in [2.45, 2.75) is 27.7 Å². The minimum atomic E-state index is 0.514. The zero-order valence-electron chi connectivity index (χ0n) is 9.83. The Balaban J connectivity index is 0.000000442. The van der Waals surface area contributed by atoms with Crippen molar-refractivity contribution in [1.29, 1.82) is 0 Å². The number of nitrogens with two attached hydrogens (primary N) is 2. The summed E-state index contributed by atoms with van der Waals surface area (Å²) in [5.41, 5.74) is 12.7. The lowest BCUT2D eigenvalue weighted by Gasteiger charge is -1.91. The SMILES string of the molecule is CC.CC.Nc1ccc2c(N)n[nH]c2c1. The molecule has 0 unspecified atom stereocenters. The van der Waals surface area contributed by atoms with E-state index >= 15 is 0 Å². The molecule has 1 aromatic heterocycles. The van der Waals surface area contributed by atoms with E-state index in [9.17, 15) is 0 Å². The quantitative estimate of drug-likeness (QED) is 0.582. The molecule has 15 heavy (non-hydrogen) atoms. The molecular formula is C11H20N4. The lowest BCUT2D eigenvalue weighted by Crippen LogP contribution is -1.84. The first-order chi connectivity index (χ1) is 7.27. The van der Waals surface area contributed by atoms with Gasteiger partial charge in [-0.25, -0.2) is 0 Å². The number of aromatic nitrogens is 2. The van der Waals surface area contributed by atoms with Crippen LogP contribution in [0.3, 0.4) is 0 Å². The van der Waals surface area contributed by atoms with Gasteiger partial charge in [-0.05, 0) is 18.2 Å². The second-order valence-corrected chi connectivity index (χ2v) is 2.41. The van der Waals surface area contributed by atoms with Crippen molar-refractivity contribution in [2.75, 3.05) is 11.5 Å². The maximum absolute atomic E-state index is 5.54. The smallest absolute Gasteiger partial charge is 0.153 e. The van der Waals surface area contributed by atoms with Gasteiger partial charge < -0.3 is 11.5 Å². The first-order valence-corrected chi connectivity index (χ1v) is 5.26. The van der Waals surface area contributed by atoms with Crippen molar-refractivity contribution in [2.24, 2.45) is 0 Å². The molecule has 0 aliphatic rings. The average Bonchev–Trinajstić information content (AvgIpc) is 2.65. The Morgan fingerprint density at radius 3 is 2.27 bits per heavy atom. The molecule has 0 aliphatic heterocycles. The third kappa shape index (κ3) is 3.16. The van der Waals surface area contributed by atoms with E-state index in [-0.39, 0.29) is 0 Å². The normalized spacial score (nSPS) is 8.53. The summed E-state index contributed by atoms with van der Waals surface area (Å²) >= 11 is 0. The second kappa shape index (κ2) is 6.70. The summed E-state index contributed by atoms with van der Waals surface area (Å²) in [5.74, 6) is 0.514. The third-order valence-corrected chi connectivity index (χ3v) is 1.62. The Morgan fingerprint density at radius 1 is 1.07 bits per heavy atom. The average molecular weight is 208 g/mol. The molecular weight excluding hydrogens is 188 g/mol. The topological polar surface area (TPSA) is 80.7 Å². The van der Waals surface area contributed by atoms with Gasteiger partial charge in [0.2, 0.25) is 0 Å². The van der Waals surface area contributed by atoms with Gasteiger partial charge in [0.05, 0.1) is 5.52 Å². The molecule has 1 heterocycles. The molecule has 0 saturated heterocycles. The summed E-state index contributed by atoms with van der Waals surface area (Å²) in [5, 5.41) is 7.52. The molecule has 84 valence electrons. The third-order valence-electron chi connectivity index (χ3n) is 1.62. The van der Waals surface area contributed by atoms with Gasteiger partial charge in [0.15, 0.2) is 5.82 Å². The number of nitrogens with one attached hydrogen (secondary N) is 1. The second-order valence-electron chi connectivity index (χ2n) is 2.41. The van der Waals surface area contributed by atoms with Crippen LogP contribution in [-0.2, 0) is 0 Å². The van der Waals surface area contributed by atoms with Crippen LogP contribution >= 0.6 is 0 Å². The predicted molar refractivity (Wildman–Crippen MR) is 67.6 cm³/mol. The molecule has 0 spiro atoms. The lowest BCUT2D eigenvalue weighted by atomic mass is 10.2. The highest BCUT2D eigenvalue weighted by Gasteiger charge is 1.99. The number of aromatic amines is 1. The van der Waals surface area contributed by atoms with Gasteiger partial charge in [0, 0.05) is 11.1 Å². The summed E-state index contributed by atoms with van der Waals surface area (Å²) < 4.78 is 0. The Kier molecular flexibility index (Phi) is 5.94. The fourth-order valence-electron chi connectivity index (χ4n) is 1.06. The van der Waals surface area contributed by atoms with Gasteiger partial charge in [0.25, 0.3) is 0 Å². The molecule has 4 heteroatoms. The van der Waals surface area contributed by atoms with E-state index in [0.29, 0.717) is 11.5 Å². The van der Waals surface area contributed by atoms with E-state index in [1.165, 1.54) is 0 Å². The standard InChI is InChI=1S/C7H8N4.2C2H6/c8-4-1-2-5-6(3-4)10-11-7(5)9;2*1-2/h1-3H,8H2,(H3,9,10,11);2*1-2H3. The predicted octanol–water partition coefficient (Wildman–Crippen LogP) is 2.78. The zero-order chi connectivity index (χ0) is 11.8. The van der Waals surface area contributed by atoms with Crippen LogP contribution in [0.1, 0.15) is 27.7 Å². The number of benzene rings is 1. The number of hydrogen-bond acceptors (Lipinski definition) is 3. The molecule has 4 nitrogen and oxygen atoms in total. The summed E-state index contributed by atoms with van der Waals surface area (Å²) in [7, 11) is 0. The van der Waals surface area contributed by atoms with Crippen LogP contribution in [0, 0.1) is 0 Å². The number of nitrogen functional groups attached to an aromatic ring is 2. The minimum absolute atomic E-state index is 0.514. The summed E-state index contributed by atoms with van der Waals surface area (Å²) in [4.78, 5) is 0. The minimum Gasteiger partial charge on any atom is -0.399 e. The highest BCUT2D eigenvalue weighted by atomic mass is 15.1. The van der Waals surface area contributed by atoms with E-state index in [1.54, 1.807) is 12.1 Å². The maximum atomic E-state index is 5.54. The van der Waals surface area contributed by atoms with Gasteiger partial charge in [-0.2, -0.15) is 5.10 Å². The number of rotatable bonds is 0. The van der Waals surface area contributed by atoms with Crippen LogP contribution in [-0.4, -0.2) is 10.2 Å². The monoisotopic (exact) mass is 208 g/mol. The molecule has 0 bridgehead atoms. The molecule has 0 fully saturated rings. The van der Waals surface area contributed by atoms with Crippen LogP contribution in [0.4, 0.5) is 11.5 Å². The van der Waals surface area contributed by atoms with Crippen LogP contribution in [0.15, 0.2) is 18.2 Å². The number of H-pyrrole nitrogens is 1. The zero-order valence-corrected chi connectivity index (χ0v) is 9.83. The van der Waals surface area contributed by atoms with Crippen molar-refractivity contribution < 1.29 is 0 Å². The van der Waals surface area contributed by atoms with E-state index in [1.807, 2.05) is 33.8 Å². The van der Waals surface area contributed by atoms with Gasteiger partial charge in [-0.1, -0.05) is 27.7 Å². The summed E-state index contributed by atoms with van der Waals surface area (Å²) in [6, 6.07) is 5.45.